The maximum atomic E-state index is 12.7. The summed E-state index contributed by atoms with van der Waals surface area (Å²) in [5.41, 5.74) is 6.10. The molecular weight excluding hydrogens is 243 g/mol. The molecule has 0 saturated carbocycles. The van der Waals surface area contributed by atoms with Crippen LogP contribution in [0.3, 0.4) is 0 Å². The van der Waals surface area contributed by atoms with Gasteiger partial charge in [-0.2, -0.15) is 18.3 Å². The summed E-state index contributed by atoms with van der Waals surface area (Å²) in [5.74, 6) is 0. The Morgan fingerprint density at radius 1 is 1.28 bits per heavy atom. The van der Waals surface area contributed by atoms with Crippen molar-refractivity contribution >= 4 is 0 Å². The molecule has 0 saturated heterocycles. The number of halogens is 3. The Kier molecular flexibility index (Phi) is 3.13. The van der Waals surface area contributed by atoms with Crippen LogP contribution in [0.15, 0.2) is 30.5 Å². The first-order valence-corrected chi connectivity index (χ1v) is 5.34. The van der Waals surface area contributed by atoms with Crippen molar-refractivity contribution in [3.63, 3.8) is 0 Å². The average Bonchev–Trinajstić information content (AvgIpc) is 2.74. The molecule has 1 heterocycles. The molecule has 1 aromatic heterocycles. The van der Waals surface area contributed by atoms with Crippen LogP contribution in [-0.4, -0.2) is 9.78 Å². The van der Waals surface area contributed by atoms with E-state index in [0.717, 1.165) is 11.8 Å². The highest BCUT2D eigenvalue weighted by molar-refractivity contribution is 5.41. The van der Waals surface area contributed by atoms with Crippen molar-refractivity contribution in [2.75, 3.05) is 0 Å². The highest BCUT2D eigenvalue weighted by atomic mass is 19.4. The number of alkyl halides is 3. The minimum atomic E-state index is -4.38. The lowest BCUT2D eigenvalue weighted by atomic mass is 10.1. The fourth-order valence-electron chi connectivity index (χ4n) is 1.73. The zero-order valence-corrected chi connectivity index (χ0v) is 9.70. The van der Waals surface area contributed by atoms with Gasteiger partial charge in [0.15, 0.2) is 0 Å². The number of hydrogen-bond donors (Lipinski definition) is 1. The van der Waals surface area contributed by atoms with Gasteiger partial charge in [-0.25, -0.2) is 4.68 Å². The van der Waals surface area contributed by atoms with Crippen LogP contribution in [0.4, 0.5) is 13.2 Å². The van der Waals surface area contributed by atoms with Crippen molar-refractivity contribution in [1.29, 1.82) is 0 Å². The Morgan fingerprint density at radius 2 is 2.00 bits per heavy atom. The number of aromatic nitrogens is 2. The van der Waals surface area contributed by atoms with Gasteiger partial charge in [-0.3, -0.25) is 0 Å². The second-order valence-corrected chi connectivity index (χ2v) is 3.95. The molecule has 0 atom stereocenters. The van der Waals surface area contributed by atoms with E-state index >= 15 is 0 Å². The first-order chi connectivity index (χ1) is 8.41. The summed E-state index contributed by atoms with van der Waals surface area (Å²) >= 11 is 0. The molecular formula is C12H12F3N3. The lowest BCUT2D eigenvalue weighted by Crippen LogP contribution is -2.12. The summed E-state index contributed by atoms with van der Waals surface area (Å²) in [6.45, 7) is 1.65. The third kappa shape index (κ3) is 2.38. The Labute approximate surface area is 102 Å². The van der Waals surface area contributed by atoms with E-state index in [0.29, 0.717) is 5.69 Å². The van der Waals surface area contributed by atoms with E-state index in [4.69, 9.17) is 5.73 Å². The minimum absolute atomic E-state index is 0.0631. The first kappa shape index (κ1) is 12.6. The molecule has 6 heteroatoms. The van der Waals surface area contributed by atoms with E-state index in [1.54, 1.807) is 12.3 Å². The lowest BCUT2D eigenvalue weighted by Gasteiger charge is -2.13. The molecule has 0 unspecified atom stereocenters. The third-order valence-corrected chi connectivity index (χ3v) is 2.60. The molecule has 0 aliphatic carbocycles. The van der Waals surface area contributed by atoms with Crippen molar-refractivity contribution < 1.29 is 13.2 Å². The third-order valence-electron chi connectivity index (χ3n) is 2.60. The van der Waals surface area contributed by atoms with Crippen molar-refractivity contribution in [3.05, 3.63) is 47.3 Å². The van der Waals surface area contributed by atoms with Gasteiger partial charge in [-0.15, -0.1) is 0 Å². The zero-order valence-electron chi connectivity index (χ0n) is 9.70. The fraction of sp³-hybridized carbons (Fsp3) is 0.250. The van der Waals surface area contributed by atoms with E-state index in [9.17, 15) is 13.2 Å². The summed E-state index contributed by atoms with van der Waals surface area (Å²) < 4.78 is 39.6. The topological polar surface area (TPSA) is 43.8 Å². The van der Waals surface area contributed by atoms with Crippen LogP contribution in [0, 0.1) is 6.92 Å². The van der Waals surface area contributed by atoms with Gasteiger partial charge in [0.25, 0.3) is 0 Å². The summed E-state index contributed by atoms with van der Waals surface area (Å²) in [5, 5.41) is 4.14. The van der Waals surface area contributed by atoms with Crippen LogP contribution in [0.5, 0.6) is 0 Å². The van der Waals surface area contributed by atoms with Crippen molar-refractivity contribution in [2.45, 2.75) is 19.6 Å². The molecule has 0 spiro atoms. The first-order valence-electron chi connectivity index (χ1n) is 5.34. The summed E-state index contributed by atoms with van der Waals surface area (Å²) in [4.78, 5) is 0. The van der Waals surface area contributed by atoms with Gasteiger partial charge in [0.1, 0.15) is 0 Å². The van der Waals surface area contributed by atoms with Crippen molar-refractivity contribution in [3.8, 4) is 5.69 Å². The Bertz CT molecular complexity index is 558. The lowest BCUT2D eigenvalue weighted by molar-refractivity contribution is -0.138. The van der Waals surface area contributed by atoms with Crippen LogP contribution in [0.25, 0.3) is 5.69 Å². The largest absolute Gasteiger partial charge is 0.416 e. The SMILES string of the molecule is Cc1ccn(-c2ccc(C(F)(F)F)c(CN)c2)n1. The number of benzene rings is 1. The quantitative estimate of drug-likeness (QED) is 0.896. The van der Waals surface area contributed by atoms with E-state index < -0.39 is 11.7 Å². The Hall–Kier alpha value is -1.82. The summed E-state index contributed by atoms with van der Waals surface area (Å²) in [7, 11) is 0. The monoisotopic (exact) mass is 255 g/mol. The molecule has 2 rings (SSSR count). The van der Waals surface area contributed by atoms with Crippen LogP contribution in [0.2, 0.25) is 0 Å². The molecule has 2 aromatic rings. The maximum absolute atomic E-state index is 12.7. The molecule has 0 aliphatic heterocycles. The molecule has 2 N–H and O–H groups in total. The van der Waals surface area contributed by atoms with Gasteiger partial charge in [0, 0.05) is 12.7 Å². The van der Waals surface area contributed by atoms with Gasteiger partial charge in [0.2, 0.25) is 0 Å². The minimum Gasteiger partial charge on any atom is -0.326 e. The predicted octanol–water partition coefficient (Wildman–Crippen LogP) is 2.66. The highest BCUT2D eigenvalue weighted by Gasteiger charge is 2.32. The number of nitrogens with zero attached hydrogens (tertiary/aromatic N) is 2. The van der Waals surface area contributed by atoms with E-state index in [1.165, 1.54) is 16.8 Å². The number of nitrogens with two attached hydrogens (primary N) is 1. The molecule has 1 aromatic carbocycles. The van der Waals surface area contributed by atoms with Gasteiger partial charge in [0.05, 0.1) is 16.9 Å². The number of rotatable bonds is 2. The standard InChI is InChI=1S/C12H12F3N3/c1-8-4-5-18(17-8)10-2-3-11(12(13,14)15)9(6-10)7-16/h2-6H,7,16H2,1H3. The van der Waals surface area contributed by atoms with Crippen molar-refractivity contribution in [2.24, 2.45) is 5.73 Å². The molecule has 0 bridgehead atoms. The number of aryl methyl sites for hydroxylation is 1. The van der Waals surface area contributed by atoms with Gasteiger partial charge >= 0.3 is 6.18 Å². The molecule has 0 fully saturated rings. The Balaban J connectivity index is 2.48. The molecule has 0 radical (unpaired) electrons. The van der Waals surface area contributed by atoms with Gasteiger partial charge < -0.3 is 5.73 Å². The molecule has 18 heavy (non-hydrogen) atoms. The normalized spacial score (nSPS) is 11.8. The van der Waals surface area contributed by atoms with Crippen LogP contribution < -0.4 is 5.73 Å². The van der Waals surface area contributed by atoms with Crippen molar-refractivity contribution in [1.82, 2.24) is 9.78 Å². The summed E-state index contributed by atoms with van der Waals surface area (Å²) in [6, 6.07) is 5.61. The summed E-state index contributed by atoms with van der Waals surface area (Å²) in [6.07, 6.45) is -2.69. The zero-order chi connectivity index (χ0) is 13.3. The Morgan fingerprint density at radius 3 is 2.50 bits per heavy atom. The average molecular weight is 255 g/mol. The molecule has 3 nitrogen and oxygen atoms in total. The van der Waals surface area contributed by atoms with E-state index in [1.807, 2.05) is 6.92 Å². The smallest absolute Gasteiger partial charge is 0.326 e. The highest BCUT2D eigenvalue weighted by Crippen LogP contribution is 2.32. The van der Waals surface area contributed by atoms with E-state index in [-0.39, 0.29) is 12.1 Å². The van der Waals surface area contributed by atoms with Crippen LogP contribution in [-0.2, 0) is 12.7 Å². The molecule has 0 amide bonds. The molecule has 0 aliphatic rings. The number of hydrogen-bond acceptors (Lipinski definition) is 2. The second kappa shape index (κ2) is 4.45. The fourth-order valence-corrected chi connectivity index (χ4v) is 1.73. The molecule has 96 valence electrons. The van der Waals surface area contributed by atoms with Crippen LogP contribution >= 0.6 is 0 Å². The maximum Gasteiger partial charge on any atom is 0.416 e. The van der Waals surface area contributed by atoms with Crippen LogP contribution in [0.1, 0.15) is 16.8 Å². The van der Waals surface area contributed by atoms with Gasteiger partial charge in [-0.05, 0) is 36.8 Å². The van der Waals surface area contributed by atoms with E-state index in [2.05, 4.69) is 5.10 Å². The van der Waals surface area contributed by atoms with Gasteiger partial charge in [-0.1, -0.05) is 0 Å². The predicted molar refractivity (Wildman–Crippen MR) is 61.2 cm³/mol. The second-order valence-electron chi connectivity index (χ2n) is 3.95.